The monoisotopic (exact) mass is 464 g/mol. The van der Waals surface area contributed by atoms with E-state index >= 15 is 0 Å². The molecule has 0 saturated carbocycles. The number of halogens is 3. The number of carbonyl (C=O) groups is 2. The second-order valence-electron chi connectivity index (χ2n) is 6.21. The minimum Gasteiger partial charge on any atom is -0.462 e. The van der Waals surface area contributed by atoms with E-state index in [-0.39, 0.29) is 29.5 Å². The molecule has 0 N–H and O–H groups in total. The van der Waals surface area contributed by atoms with Crippen molar-refractivity contribution in [2.24, 2.45) is 0 Å². The summed E-state index contributed by atoms with van der Waals surface area (Å²) in [6.07, 6.45) is 0.228. The molecule has 2 aromatic carbocycles. The quantitative estimate of drug-likeness (QED) is 0.348. The van der Waals surface area contributed by atoms with Crippen molar-refractivity contribution in [3.63, 3.8) is 0 Å². The van der Waals surface area contributed by atoms with E-state index in [0.717, 1.165) is 11.8 Å². The molecule has 0 spiro atoms. The van der Waals surface area contributed by atoms with Crippen LogP contribution >= 0.6 is 35.0 Å². The van der Waals surface area contributed by atoms with Crippen LogP contribution < -0.4 is 4.90 Å². The lowest BCUT2D eigenvalue weighted by atomic mass is 10.1. The minimum atomic E-state index is -0.830. The molecule has 0 aromatic heterocycles. The lowest BCUT2D eigenvalue weighted by molar-refractivity contribution is -0.138. The first-order valence-corrected chi connectivity index (χ1v) is 10.5. The van der Waals surface area contributed by atoms with Crippen LogP contribution in [0.4, 0.5) is 10.1 Å². The van der Waals surface area contributed by atoms with Crippen LogP contribution in [-0.2, 0) is 20.7 Å². The molecule has 5 nitrogen and oxygen atoms in total. The van der Waals surface area contributed by atoms with Gasteiger partial charge in [-0.2, -0.15) is 5.26 Å². The van der Waals surface area contributed by atoms with Gasteiger partial charge in [0.15, 0.2) is 5.57 Å². The highest BCUT2D eigenvalue weighted by atomic mass is 35.5. The fourth-order valence-corrected chi connectivity index (χ4v) is 4.58. The summed E-state index contributed by atoms with van der Waals surface area (Å²) in [4.78, 5) is 26.8. The van der Waals surface area contributed by atoms with E-state index in [2.05, 4.69) is 0 Å². The first kappa shape index (κ1) is 22.2. The summed E-state index contributed by atoms with van der Waals surface area (Å²) >= 11 is 13.3. The SMILES string of the molecule is CCOC(=O)/C(C#N)=C1\S[C@H](Cc2cc(Cl)ccc2Cl)C(=O)N1c1ccc(F)cc1. The zero-order chi connectivity index (χ0) is 21.8. The third-order valence-corrected chi connectivity index (χ3v) is 6.12. The number of hydrogen-bond donors (Lipinski definition) is 0. The Hall–Kier alpha value is -2.53. The summed E-state index contributed by atoms with van der Waals surface area (Å²) < 4.78 is 18.4. The smallest absolute Gasteiger partial charge is 0.351 e. The molecule has 1 fully saturated rings. The van der Waals surface area contributed by atoms with Gasteiger partial charge in [-0.1, -0.05) is 35.0 Å². The number of anilines is 1. The number of thioether (sulfide) groups is 1. The summed E-state index contributed by atoms with van der Waals surface area (Å²) in [5.74, 6) is -1.67. The molecule has 2 aromatic rings. The van der Waals surface area contributed by atoms with Gasteiger partial charge in [-0.05, 0) is 61.4 Å². The Morgan fingerprint density at radius 3 is 2.60 bits per heavy atom. The summed E-state index contributed by atoms with van der Waals surface area (Å²) in [5.41, 5.74) is 0.699. The van der Waals surface area contributed by atoms with Gasteiger partial charge in [0.2, 0.25) is 5.91 Å². The van der Waals surface area contributed by atoms with E-state index in [1.54, 1.807) is 25.1 Å². The normalized spacial score (nSPS) is 17.6. The first-order chi connectivity index (χ1) is 14.3. The summed E-state index contributed by atoms with van der Waals surface area (Å²) in [6.45, 7) is 1.69. The molecule has 1 saturated heterocycles. The van der Waals surface area contributed by atoms with Gasteiger partial charge in [-0.25, -0.2) is 9.18 Å². The lowest BCUT2D eigenvalue weighted by Gasteiger charge is -2.18. The van der Waals surface area contributed by atoms with Crippen molar-refractivity contribution >= 4 is 52.5 Å². The first-order valence-electron chi connectivity index (χ1n) is 8.87. The van der Waals surface area contributed by atoms with E-state index in [0.29, 0.717) is 21.3 Å². The molecular formula is C21H15Cl2FN2O3S. The van der Waals surface area contributed by atoms with Crippen molar-refractivity contribution in [2.45, 2.75) is 18.6 Å². The van der Waals surface area contributed by atoms with Crippen molar-refractivity contribution in [3.05, 3.63) is 74.5 Å². The largest absolute Gasteiger partial charge is 0.462 e. The third kappa shape index (κ3) is 4.62. The second-order valence-corrected chi connectivity index (χ2v) is 8.24. The van der Waals surface area contributed by atoms with Gasteiger partial charge in [0.25, 0.3) is 0 Å². The van der Waals surface area contributed by atoms with Crippen molar-refractivity contribution in [1.29, 1.82) is 5.26 Å². The van der Waals surface area contributed by atoms with Gasteiger partial charge >= 0.3 is 5.97 Å². The molecule has 1 aliphatic rings. The van der Waals surface area contributed by atoms with E-state index in [1.807, 2.05) is 6.07 Å². The number of benzene rings is 2. The maximum atomic E-state index is 13.4. The predicted octanol–water partition coefficient (Wildman–Crippen LogP) is 5.12. The molecule has 0 unspecified atom stereocenters. The summed E-state index contributed by atoms with van der Waals surface area (Å²) in [7, 11) is 0. The number of hydrogen-bond acceptors (Lipinski definition) is 5. The van der Waals surface area contributed by atoms with Gasteiger partial charge in [0.05, 0.1) is 11.9 Å². The van der Waals surface area contributed by atoms with Crippen molar-refractivity contribution in [2.75, 3.05) is 11.5 Å². The highest BCUT2D eigenvalue weighted by Gasteiger charge is 2.41. The fraction of sp³-hybridized carbons (Fsp3) is 0.190. The van der Waals surface area contributed by atoms with Crippen LogP contribution in [0.15, 0.2) is 53.1 Å². The molecule has 0 aliphatic carbocycles. The summed E-state index contributed by atoms with van der Waals surface area (Å²) in [5, 5.41) is 9.96. The maximum absolute atomic E-state index is 13.4. The van der Waals surface area contributed by atoms with Gasteiger partial charge < -0.3 is 4.74 Å². The van der Waals surface area contributed by atoms with E-state index in [9.17, 15) is 19.2 Å². The Labute approximate surface area is 187 Å². The average molecular weight is 465 g/mol. The highest BCUT2D eigenvalue weighted by Crippen LogP contribution is 2.42. The van der Waals surface area contributed by atoms with Crippen LogP contribution in [0.5, 0.6) is 0 Å². The molecular weight excluding hydrogens is 450 g/mol. The van der Waals surface area contributed by atoms with Gasteiger partial charge in [0, 0.05) is 15.7 Å². The Bertz CT molecular complexity index is 1070. The zero-order valence-corrected chi connectivity index (χ0v) is 18.0. The minimum absolute atomic E-state index is 0.0774. The number of carbonyl (C=O) groups excluding carboxylic acids is 2. The topological polar surface area (TPSA) is 70.4 Å². The van der Waals surface area contributed by atoms with Crippen LogP contribution in [-0.4, -0.2) is 23.7 Å². The van der Waals surface area contributed by atoms with Crippen LogP contribution in [0.2, 0.25) is 10.0 Å². The van der Waals surface area contributed by atoms with E-state index < -0.39 is 17.0 Å². The fourth-order valence-electron chi connectivity index (χ4n) is 2.90. The number of nitrogens with zero attached hydrogens (tertiary/aromatic N) is 2. The number of esters is 1. The molecule has 30 heavy (non-hydrogen) atoms. The molecule has 0 radical (unpaired) electrons. The van der Waals surface area contributed by atoms with E-state index in [1.165, 1.54) is 29.2 Å². The summed E-state index contributed by atoms with van der Waals surface area (Å²) in [6, 6.07) is 12.0. The maximum Gasteiger partial charge on any atom is 0.351 e. The van der Waals surface area contributed by atoms with Crippen LogP contribution in [0.1, 0.15) is 12.5 Å². The number of nitriles is 1. The Kier molecular flexibility index (Phi) is 7.03. The molecule has 0 bridgehead atoms. The zero-order valence-electron chi connectivity index (χ0n) is 15.7. The Morgan fingerprint density at radius 1 is 1.27 bits per heavy atom. The third-order valence-electron chi connectivity index (χ3n) is 4.26. The lowest BCUT2D eigenvalue weighted by Crippen LogP contribution is -2.30. The molecule has 9 heteroatoms. The van der Waals surface area contributed by atoms with Gasteiger partial charge in [-0.3, -0.25) is 9.69 Å². The van der Waals surface area contributed by atoms with Crippen molar-refractivity contribution in [1.82, 2.24) is 0 Å². The van der Waals surface area contributed by atoms with Crippen LogP contribution in [0.25, 0.3) is 0 Å². The highest BCUT2D eigenvalue weighted by molar-refractivity contribution is 8.05. The molecule has 1 amide bonds. The number of rotatable bonds is 5. The van der Waals surface area contributed by atoms with Gasteiger partial charge in [-0.15, -0.1) is 0 Å². The van der Waals surface area contributed by atoms with Crippen LogP contribution in [0, 0.1) is 17.1 Å². The Morgan fingerprint density at radius 2 is 1.97 bits per heavy atom. The molecule has 1 aliphatic heterocycles. The van der Waals surface area contributed by atoms with Crippen LogP contribution in [0.3, 0.4) is 0 Å². The predicted molar refractivity (Wildman–Crippen MR) is 115 cm³/mol. The van der Waals surface area contributed by atoms with Crippen molar-refractivity contribution < 1.29 is 18.7 Å². The number of ether oxygens (including phenoxy) is 1. The molecule has 154 valence electrons. The second kappa shape index (κ2) is 9.52. The van der Waals surface area contributed by atoms with Crippen molar-refractivity contribution in [3.8, 4) is 6.07 Å². The molecule has 1 heterocycles. The molecule has 1 atom stereocenters. The molecule has 3 rings (SSSR count). The Balaban J connectivity index is 2.06. The number of amides is 1. The standard InChI is InChI=1S/C21H15Cl2FN2O3S/c1-2-29-21(28)16(11-25)20-26(15-6-4-14(24)5-7-15)19(27)18(30-20)10-12-9-13(22)3-8-17(12)23/h3-9,18H,2,10H2,1H3/b20-16-/t18-/m1/s1. The van der Waals surface area contributed by atoms with E-state index in [4.69, 9.17) is 27.9 Å². The average Bonchev–Trinajstić information content (AvgIpc) is 3.02. The van der Waals surface area contributed by atoms with Gasteiger partial charge in [0.1, 0.15) is 16.9 Å².